The van der Waals surface area contributed by atoms with Crippen LogP contribution in [0.5, 0.6) is 0 Å². The summed E-state index contributed by atoms with van der Waals surface area (Å²) in [7, 11) is 0. The van der Waals surface area contributed by atoms with Gasteiger partial charge < -0.3 is 29.8 Å². The molecule has 0 aromatic carbocycles. The number of halogens is 3. The third kappa shape index (κ3) is 10.5. The van der Waals surface area contributed by atoms with Crippen molar-refractivity contribution in [1.82, 2.24) is 29.5 Å². The Morgan fingerprint density at radius 2 is 1.59 bits per heavy atom. The second kappa shape index (κ2) is 15.6. The Morgan fingerprint density at radius 3 is 2.19 bits per heavy atom. The van der Waals surface area contributed by atoms with Crippen molar-refractivity contribution in [3.8, 4) is 11.5 Å². The Labute approximate surface area is 310 Å². The van der Waals surface area contributed by atoms with Crippen LogP contribution in [0.4, 0.5) is 34.3 Å². The van der Waals surface area contributed by atoms with Crippen LogP contribution in [0.3, 0.4) is 0 Å². The number of carbonyl (C=O) groups is 4. The molecule has 1 aliphatic carbocycles. The molecule has 1 saturated heterocycles. The minimum atomic E-state index is -4.76. The van der Waals surface area contributed by atoms with Crippen LogP contribution in [0.2, 0.25) is 0 Å². The van der Waals surface area contributed by atoms with E-state index < -0.39 is 41.8 Å². The lowest BCUT2D eigenvalue weighted by atomic mass is 9.90. The number of aromatic nitrogens is 4. The summed E-state index contributed by atoms with van der Waals surface area (Å²) in [5, 5.41) is 7.01. The zero-order valence-electron chi connectivity index (χ0n) is 31.1. The number of pyridine rings is 1. The summed E-state index contributed by atoms with van der Waals surface area (Å²) in [4.78, 5) is 63.3. The summed E-state index contributed by atoms with van der Waals surface area (Å²) in [6.45, 7) is 11.1. The molecule has 0 radical (unpaired) electrons. The van der Waals surface area contributed by atoms with Gasteiger partial charge in [0, 0.05) is 50.2 Å². The first-order valence-electron chi connectivity index (χ1n) is 17.6. The van der Waals surface area contributed by atoms with Crippen molar-refractivity contribution in [2.45, 2.75) is 96.7 Å². The molecule has 5 rings (SSSR count). The smallest absolute Gasteiger partial charge is 0.416 e. The van der Waals surface area contributed by atoms with Crippen LogP contribution >= 0.6 is 0 Å². The highest BCUT2D eigenvalue weighted by atomic mass is 19.4. The fourth-order valence-electron chi connectivity index (χ4n) is 6.27. The number of hydrogen-bond acceptors (Lipinski definition) is 11. The topological polar surface area (TPSA) is 191 Å². The molecule has 0 spiro atoms. The first-order valence-corrected chi connectivity index (χ1v) is 17.6. The van der Waals surface area contributed by atoms with Gasteiger partial charge in [-0.25, -0.2) is 19.6 Å². The second-order valence-electron chi connectivity index (χ2n) is 15.3. The number of ether oxygens (including phenoxy) is 2. The summed E-state index contributed by atoms with van der Waals surface area (Å²) in [6, 6.07) is 2.81. The van der Waals surface area contributed by atoms with E-state index >= 15 is 0 Å². The maximum absolute atomic E-state index is 13.4. The van der Waals surface area contributed by atoms with E-state index in [1.165, 1.54) is 26.8 Å². The molecule has 3 aromatic rings. The number of nitrogens with one attached hydrogen (secondary N) is 1. The fraction of sp³-hybridized carbons (Fsp3) is 0.571. The molecule has 4 heterocycles. The molecule has 2 aliphatic rings. The SMILES string of the molecule is CC(C)(C)OC(=O)N1CCN(C2CCC(n3cc(NC(=O)c4coc(-c5ccnc(N(CC(F)(F)F)C(=O)OC(C)(C)C)c5)n4)c(C(N)=O)n3)CC2)CC1. The lowest BCUT2D eigenvalue weighted by molar-refractivity contribution is -0.119. The molecular formula is C35H46F3N9O7. The van der Waals surface area contributed by atoms with Crippen molar-refractivity contribution < 1.29 is 46.2 Å². The first kappa shape index (κ1) is 40.0. The summed E-state index contributed by atoms with van der Waals surface area (Å²) in [5.41, 5.74) is 3.84. The minimum Gasteiger partial charge on any atom is -0.444 e. The molecule has 2 fully saturated rings. The predicted molar refractivity (Wildman–Crippen MR) is 189 cm³/mol. The number of rotatable bonds is 8. The van der Waals surface area contributed by atoms with Gasteiger partial charge in [0.15, 0.2) is 11.4 Å². The van der Waals surface area contributed by atoms with Crippen molar-refractivity contribution >= 4 is 35.5 Å². The van der Waals surface area contributed by atoms with Crippen LogP contribution in [0.1, 0.15) is 94.2 Å². The molecule has 3 aromatic heterocycles. The number of nitrogens with zero attached hydrogens (tertiary/aromatic N) is 7. The van der Waals surface area contributed by atoms with E-state index in [1.807, 2.05) is 20.8 Å². The largest absolute Gasteiger partial charge is 0.444 e. The van der Waals surface area contributed by atoms with Crippen molar-refractivity contribution in [3.63, 3.8) is 0 Å². The molecule has 16 nitrogen and oxygen atoms in total. The standard InChI is InChI=1S/C35H46F3N9O7/c1-33(2,3)53-31(50)45-15-13-44(14-16-45)22-7-9-23(10-8-22)47-18-24(27(43-47)28(39)48)41-29(49)25-19-52-30(42-25)21-11-12-40-26(17-21)46(20-35(36,37)38)32(51)54-34(4,5)6/h11-12,17-19,22-23H,7-10,13-16,20H2,1-6H3,(H2,39,48)(H,41,49). The molecule has 4 amide bonds. The Bertz CT molecular complexity index is 1830. The lowest BCUT2D eigenvalue weighted by Crippen LogP contribution is -2.53. The molecule has 3 N–H and O–H groups in total. The average molecular weight is 762 g/mol. The van der Waals surface area contributed by atoms with Crippen LogP contribution in [0.15, 0.2) is 35.2 Å². The van der Waals surface area contributed by atoms with Crippen LogP contribution < -0.4 is 16.0 Å². The number of primary amides is 1. The molecule has 54 heavy (non-hydrogen) atoms. The molecule has 1 aliphatic heterocycles. The molecule has 0 atom stereocenters. The van der Waals surface area contributed by atoms with Crippen LogP contribution in [-0.2, 0) is 9.47 Å². The van der Waals surface area contributed by atoms with Crippen LogP contribution in [-0.4, -0.2) is 110 Å². The highest BCUT2D eigenvalue weighted by Gasteiger charge is 2.37. The fourth-order valence-corrected chi connectivity index (χ4v) is 6.27. The lowest BCUT2D eigenvalue weighted by Gasteiger charge is -2.42. The van der Waals surface area contributed by atoms with E-state index in [2.05, 4.69) is 25.3 Å². The third-order valence-electron chi connectivity index (χ3n) is 8.69. The zero-order chi connectivity index (χ0) is 39.6. The van der Waals surface area contributed by atoms with E-state index in [9.17, 15) is 32.3 Å². The van der Waals surface area contributed by atoms with Crippen molar-refractivity contribution in [3.05, 3.63) is 42.2 Å². The van der Waals surface area contributed by atoms with E-state index in [0.717, 1.165) is 57.3 Å². The second-order valence-corrected chi connectivity index (χ2v) is 15.3. The molecule has 1 saturated carbocycles. The normalized spacial score (nSPS) is 18.6. The van der Waals surface area contributed by atoms with Gasteiger partial charge in [0.25, 0.3) is 11.8 Å². The monoisotopic (exact) mass is 761 g/mol. The third-order valence-corrected chi connectivity index (χ3v) is 8.69. The van der Waals surface area contributed by atoms with Gasteiger partial charge in [0.1, 0.15) is 29.8 Å². The average Bonchev–Trinajstić information content (AvgIpc) is 3.74. The van der Waals surface area contributed by atoms with Crippen molar-refractivity contribution in [1.29, 1.82) is 0 Å². The minimum absolute atomic E-state index is 0.0508. The van der Waals surface area contributed by atoms with E-state index in [0.29, 0.717) is 24.0 Å². The van der Waals surface area contributed by atoms with Gasteiger partial charge in [-0.2, -0.15) is 18.3 Å². The maximum Gasteiger partial charge on any atom is 0.416 e. The number of carbonyl (C=O) groups excluding carboxylic acids is 4. The highest BCUT2D eigenvalue weighted by Crippen LogP contribution is 2.33. The van der Waals surface area contributed by atoms with Gasteiger partial charge in [-0.3, -0.25) is 24.1 Å². The van der Waals surface area contributed by atoms with Crippen molar-refractivity contribution in [2.24, 2.45) is 5.73 Å². The molecule has 0 unspecified atom stereocenters. The summed E-state index contributed by atoms with van der Waals surface area (Å²) >= 11 is 0. The van der Waals surface area contributed by atoms with Gasteiger partial charge >= 0.3 is 18.4 Å². The number of anilines is 2. The van der Waals surface area contributed by atoms with E-state index in [-0.39, 0.29) is 46.5 Å². The summed E-state index contributed by atoms with van der Waals surface area (Å²) in [6.07, 6.45) is 0.686. The number of alkyl halides is 3. The van der Waals surface area contributed by atoms with Crippen LogP contribution in [0.25, 0.3) is 11.5 Å². The maximum atomic E-state index is 13.4. The molecule has 294 valence electrons. The molecule has 0 bridgehead atoms. The van der Waals surface area contributed by atoms with Gasteiger partial charge in [0.05, 0.1) is 11.7 Å². The summed E-state index contributed by atoms with van der Waals surface area (Å²) < 4.78 is 58.0. The summed E-state index contributed by atoms with van der Waals surface area (Å²) in [5.74, 6) is -2.13. The Hall–Kier alpha value is -5.20. The van der Waals surface area contributed by atoms with Gasteiger partial charge in [-0.05, 0) is 79.4 Å². The van der Waals surface area contributed by atoms with Crippen molar-refractivity contribution in [2.75, 3.05) is 42.9 Å². The van der Waals surface area contributed by atoms with E-state index in [1.54, 1.807) is 15.8 Å². The number of nitrogens with two attached hydrogens (primary N) is 1. The highest BCUT2D eigenvalue weighted by molar-refractivity contribution is 6.07. The van der Waals surface area contributed by atoms with Gasteiger partial charge in [-0.1, -0.05) is 0 Å². The number of hydrogen-bond donors (Lipinski definition) is 2. The Kier molecular flexibility index (Phi) is 11.6. The molecule has 19 heteroatoms. The number of piperazine rings is 1. The first-order chi connectivity index (χ1) is 25.2. The van der Waals surface area contributed by atoms with Gasteiger partial charge in [0.2, 0.25) is 5.89 Å². The van der Waals surface area contributed by atoms with Gasteiger partial charge in [-0.15, -0.1) is 0 Å². The Morgan fingerprint density at radius 1 is 0.963 bits per heavy atom. The zero-order valence-corrected chi connectivity index (χ0v) is 31.1. The van der Waals surface area contributed by atoms with E-state index in [4.69, 9.17) is 19.6 Å². The quantitative estimate of drug-likeness (QED) is 0.290. The number of amides is 4. The van der Waals surface area contributed by atoms with Crippen LogP contribution in [0, 0.1) is 0 Å². The number of oxazole rings is 1. The molecular weight excluding hydrogens is 715 g/mol. The Balaban J connectivity index is 1.22. The predicted octanol–water partition coefficient (Wildman–Crippen LogP) is 5.62.